The average molecular weight is 349 g/mol. The van der Waals surface area contributed by atoms with E-state index in [9.17, 15) is 10.2 Å². The number of phenolic OH excluding ortho intramolecular Hbond substituents is 1. The lowest BCUT2D eigenvalue weighted by Gasteiger charge is -2.17. The summed E-state index contributed by atoms with van der Waals surface area (Å²) < 4.78 is 5.79. The number of ether oxygens (including phenoxy) is 1. The van der Waals surface area contributed by atoms with Gasteiger partial charge in [0.25, 0.3) is 0 Å². The number of hydrogen-bond donors (Lipinski definition) is 2. The van der Waals surface area contributed by atoms with E-state index in [1.807, 2.05) is 42.5 Å². The molecule has 4 nitrogen and oxygen atoms in total. The molecule has 0 aliphatic carbocycles. The molecule has 1 aromatic heterocycles. The summed E-state index contributed by atoms with van der Waals surface area (Å²) in [5, 5.41) is 19.1. The monoisotopic (exact) mass is 349 g/mol. The number of pyridine rings is 1. The first-order valence-electron chi connectivity index (χ1n) is 8.69. The summed E-state index contributed by atoms with van der Waals surface area (Å²) in [7, 11) is 0. The predicted molar refractivity (Wildman–Crippen MR) is 103 cm³/mol. The number of nitrogens with zero attached hydrogens (tertiary/aromatic N) is 1. The van der Waals surface area contributed by atoms with Crippen molar-refractivity contribution >= 4 is 11.6 Å². The molecule has 2 heterocycles. The quantitative estimate of drug-likeness (QED) is 0.794. The maximum absolute atomic E-state index is 9.72. The smallest absolute Gasteiger partial charge is 0.116 e. The van der Waals surface area contributed by atoms with E-state index in [1.165, 1.54) is 0 Å². The largest absolute Gasteiger partial charge is 0.508 e. The van der Waals surface area contributed by atoms with Crippen LogP contribution in [-0.2, 0) is 4.74 Å². The van der Waals surface area contributed by atoms with Gasteiger partial charge in [0.1, 0.15) is 5.75 Å². The first kappa shape index (κ1) is 18.1. The van der Waals surface area contributed by atoms with Crippen molar-refractivity contribution in [2.45, 2.75) is 18.9 Å². The van der Waals surface area contributed by atoms with E-state index in [-0.39, 0.29) is 18.5 Å². The Morgan fingerprint density at radius 3 is 2.88 bits per heavy atom. The Kier molecular flexibility index (Phi) is 6.00. The van der Waals surface area contributed by atoms with Crippen LogP contribution in [0.15, 0.2) is 72.5 Å². The van der Waals surface area contributed by atoms with Crippen molar-refractivity contribution in [2.75, 3.05) is 13.2 Å². The molecule has 0 bridgehead atoms. The minimum absolute atomic E-state index is 0.0576. The summed E-state index contributed by atoms with van der Waals surface area (Å²) in [6.45, 7) is 4.41. The van der Waals surface area contributed by atoms with Crippen LogP contribution >= 0.6 is 0 Å². The number of hydrogen-bond acceptors (Lipinski definition) is 4. The maximum atomic E-state index is 9.72. The molecule has 134 valence electrons. The van der Waals surface area contributed by atoms with Gasteiger partial charge in [0, 0.05) is 6.20 Å². The molecule has 0 amide bonds. The van der Waals surface area contributed by atoms with E-state index in [4.69, 9.17) is 4.74 Å². The normalized spacial score (nSPS) is 17.2. The van der Waals surface area contributed by atoms with Gasteiger partial charge in [0.2, 0.25) is 0 Å². The summed E-state index contributed by atoms with van der Waals surface area (Å²) in [4.78, 5) is 4.47. The predicted octanol–water partition coefficient (Wildman–Crippen LogP) is 3.98. The average Bonchev–Trinajstić information content (AvgIpc) is 3.14. The van der Waals surface area contributed by atoms with Crippen LogP contribution in [0.25, 0.3) is 11.6 Å². The maximum Gasteiger partial charge on any atom is 0.116 e. The van der Waals surface area contributed by atoms with Gasteiger partial charge in [0.05, 0.1) is 25.0 Å². The molecule has 1 aliphatic rings. The zero-order chi connectivity index (χ0) is 18.4. The van der Waals surface area contributed by atoms with Gasteiger partial charge in [-0.05, 0) is 65.5 Å². The molecule has 2 aromatic rings. The lowest BCUT2D eigenvalue weighted by atomic mass is 9.95. The highest BCUT2D eigenvalue weighted by Gasteiger charge is 2.22. The van der Waals surface area contributed by atoms with Gasteiger partial charge in [0.15, 0.2) is 0 Å². The number of aromatic hydroxyl groups is 1. The van der Waals surface area contributed by atoms with E-state index in [0.29, 0.717) is 12.2 Å². The standard InChI is InChI=1S/C22H23NO3/c1-16(15-24)20-10-12-26-22(20)9-8-18(21-7-2-3-11-23-21)13-17-5-4-6-19(25)14-17/h2-7,10-11,13-14,22,24-25H,1,8-9,12,15H2/b18-13-. The molecule has 0 fully saturated rings. The Labute approximate surface area is 153 Å². The summed E-state index contributed by atoms with van der Waals surface area (Å²) >= 11 is 0. The van der Waals surface area contributed by atoms with Gasteiger partial charge < -0.3 is 14.9 Å². The van der Waals surface area contributed by atoms with E-state index in [0.717, 1.165) is 35.2 Å². The molecule has 1 atom stereocenters. The third kappa shape index (κ3) is 4.48. The zero-order valence-corrected chi connectivity index (χ0v) is 14.6. The van der Waals surface area contributed by atoms with E-state index in [1.54, 1.807) is 18.3 Å². The number of aromatic nitrogens is 1. The second kappa shape index (κ2) is 8.61. The fourth-order valence-electron chi connectivity index (χ4n) is 3.11. The molecular formula is C22H23NO3. The summed E-state index contributed by atoms with van der Waals surface area (Å²) in [5.74, 6) is 0.239. The van der Waals surface area contributed by atoms with Crippen LogP contribution in [-0.4, -0.2) is 34.5 Å². The molecule has 0 saturated heterocycles. The van der Waals surface area contributed by atoms with Crippen LogP contribution in [0.1, 0.15) is 24.1 Å². The van der Waals surface area contributed by atoms with E-state index >= 15 is 0 Å². The van der Waals surface area contributed by atoms with Gasteiger partial charge in [-0.2, -0.15) is 0 Å². The molecular weight excluding hydrogens is 326 g/mol. The van der Waals surface area contributed by atoms with Crippen LogP contribution < -0.4 is 0 Å². The Morgan fingerprint density at radius 2 is 2.15 bits per heavy atom. The topological polar surface area (TPSA) is 62.6 Å². The third-order valence-corrected chi connectivity index (χ3v) is 4.43. The molecule has 3 rings (SSSR count). The van der Waals surface area contributed by atoms with Crippen molar-refractivity contribution < 1.29 is 14.9 Å². The fourth-order valence-corrected chi connectivity index (χ4v) is 3.11. The van der Waals surface area contributed by atoms with Crippen molar-refractivity contribution in [3.05, 3.63) is 83.7 Å². The van der Waals surface area contributed by atoms with E-state index in [2.05, 4.69) is 11.6 Å². The molecule has 0 spiro atoms. The highest BCUT2D eigenvalue weighted by molar-refractivity contribution is 5.80. The van der Waals surface area contributed by atoms with Gasteiger partial charge in [-0.3, -0.25) is 4.98 Å². The summed E-state index contributed by atoms with van der Waals surface area (Å²) in [5.41, 5.74) is 4.60. The van der Waals surface area contributed by atoms with Gasteiger partial charge in [-0.15, -0.1) is 0 Å². The Morgan fingerprint density at radius 1 is 1.27 bits per heavy atom. The van der Waals surface area contributed by atoms with Crippen molar-refractivity contribution in [2.24, 2.45) is 0 Å². The van der Waals surface area contributed by atoms with Crippen LogP contribution in [0.4, 0.5) is 0 Å². The lowest BCUT2D eigenvalue weighted by molar-refractivity contribution is 0.116. The molecule has 1 unspecified atom stereocenters. The second-order valence-electron chi connectivity index (χ2n) is 6.26. The molecule has 1 aliphatic heterocycles. The van der Waals surface area contributed by atoms with Crippen LogP contribution in [0.2, 0.25) is 0 Å². The number of phenols is 1. The van der Waals surface area contributed by atoms with Crippen molar-refractivity contribution in [1.29, 1.82) is 0 Å². The number of allylic oxidation sites excluding steroid dienone is 1. The number of aliphatic hydroxyl groups is 1. The van der Waals surface area contributed by atoms with Gasteiger partial charge in [-0.1, -0.05) is 30.9 Å². The first-order chi connectivity index (χ1) is 12.7. The molecule has 2 N–H and O–H groups in total. The zero-order valence-electron chi connectivity index (χ0n) is 14.6. The van der Waals surface area contributed by atoms with Crippen LogP contribution in [0.3, 0.4) is 0 Å². The minimum atomic E-state index is -0.0639. The SMILES string of the molecule is C=C(CO)C1=CCOC1CC/C(=C/c1cccc(O)c1)c1ccccn1. The van der Waals surface area contributed by atoms with Gasteiger partial charge in [-0.25, -0.2) is 0 Å². The Hall–Kier alpha value is -2.69. The number of aliphatic hydroxyl groups excluding tert-OH is 1. The first-order valence-corrected chi connectivity index (χ1v) is 8.69. The molecule has 26 heavy (non-hydrogen) atoms. The van der Waals surface area contributed by atoms with E-state index < -0.39 is 0 Å². The van der Waals surface area contributed by atoms with Crippen LogP contribution in [0.5, 0.6) is 5.75 Å². The minimum Gasteiger partial charge on any atom is -0.508 e. The van der Waals surface area contributed by atoms with Crippen molar-refractivity contribution in [1.82, 2.24) is 4.98 Å². The lowest BCUT2D eigenvalue weighted by Crippen LogP contribution is -2.13. The molecule has 0 radical (unpaired) electrons. The highest BCUT2D eigenvalue weighted by atomic mass is 16.5. The summed E-state index contributed by atoms with van der Waals surface area (Å²) in [6.07, 6.45) is 7.27. The highest BCUT2D eigenvalue weighted by Crippen LogP contribution is 2.29. The van der Waals surface area contributed by atoms with Crippen molar-refractivity contribution in [3.63, 3.8) is 0 Å². The number of benzene rings is 1. The molecule has 4 heteroatoms. The Bertz CT molecular complexity index is 824. The Balaban J connectivity index is 1.81. The fraction of sp³-hybridized carbons (Fsp3) is 0.227. The number of rotatable bonds is 7. The van der Waals surface area contributed by atoms with Crippen LogP contribution in [0, 0.1) is 0 Å². The second-order valence-corrected chi connectivity index (χ2v) is 6.26. The third-order valence-electron chi connectivity index (χ3n) is 4.43. The molecule has 1 aromatic carbocycles. The van der Waals surface area contributed by atoms with Gasteiger partial charge >= 0.3 is 0 Å². The molecule has 0 saturated carbocycles. The van der Waals surface area contributed by atoms with Crippen molar-refractivity contribution in [3.8, 4) is 5.75 Å². The summed E-state index contributed by atoms with van der Waals surface area (Å²) in [6, 6.07) is 13.0.